The van der Waals surface area contributed by atoms with Crippen LogP contribution in [-0.2, 0) is 0 Å². The van der Waals surface area contributed by atoms with Gasteiger partial charge >= 0.3 is 0 Å². The molecule has 0 unspecified atom stereocenters. The number of rotatable bonds is 1. The Hall–Kier alpha value is -1.10. The van der Waals surface area contributed by atoms with E-state index in [1.165, 1.54) is 0 Å². The normalized spacial score (nSPS) is 9.83. The highest BCUT2D eigenvalue weighted by Crippen LogP contribution is 2.12. The van der Waals surface area contributed by atoms with E-state index in [9.17, 15) is 0 Å². The number of nitrogens with one attached hydrogen (secondary N) is 1. The van der Waals surface area contributed by atoms with Gasteiger partial charge in [0.05, 0.1) is 0 Å². The van der Waals surface area contributed by atoms with Crippen LogP contribution in [0.25, 0.3) is 0 Å². The van der Waals surface area contributed by atoms with Crippen LogP contribution in [0.5, 0.6) is 0 Å². The van der Waals surface area contributed by atoms with Crippen molar-refractivity contribution in [3.05, 3.63) is 17.5 Å². The van der Waals surface area contributed by atoms with Crippen molar-refractivity contribution >= 4 is 16.9 Å². The second-order valence-corrected chi connectivity index (χ2v) is 3.41. The van der Waals surface area contributed by atoms with E-state index in [1.54, 1.807) is 0 Å². The lowest BCUT2D eigenvalue weighted by Crippen LogP contribution is -2.05. The molecule has 4 nitrogen and oxygen atoms in total. The van der Waals surface area contributed by atoms with Gasteiger partial charge in [-0.25, -0.2) is 9.97 Å². The van der Waals surface area contributed by atoms with Crippen LogP contribution >= 0.6 is 11.8 Å². The summed E-state index contributed by atoms with van der Waals surface area (Å²) in [5.74, 6) is 0. The molecule has 0 saturated carbocycles. The van der Waals surface area contributed by atoms with Gasteiger partial charge in [0.2, 0.25) is 0 Å². The number of hydrogen-bond acceptors (Lipinski definition) is 4. The second-order valence-electron chi connectivity index (χ2n) is 2.40. The van der Waals surface area contributed by atoms with Crippen molar-refractivity contribution in [3.63, 3.8) is 0 Å². The summed E-state index contributed by atoms with van der Waals surface area (Å²) in [4.78, 5) is 8.21. The van der Waals surface area contributed by atoms with E-state index in [0.29, 0.717) is 5.16 Å². The van der Waals surface area contributed by atoms with Gasteiger partial charge in [-0.1, -0.05) is 0 Å². The Kier molecular flexibility index (Phi) is 2.65. The van der Waals surface area contributed by atoms with E-state index in [-0.39, 0.29) is 5.17 Å². The van der Waals surface area contributed by atoms with Gasteiger partial charge in [0, 0.05) is 11.4 Å². The van der Waals surface area contributed by atoms with Gasteiger partial charge in [0.1, 0.15) is 0 Å². The molecule has 64 valence electrons. The first-order chi connectivity index (χ1) is 5.58. The molecule has 0 fully saturated rings. The van der Waals surface area contributed by atoms with Crippen molar-refractivity contribution < 1.29 is 0 Å². The summed E-state index contributed by atoms with van der Waals surface area (Å²) < 4.78 is 0. The van der Waals surface area contributed by atoms with E-state index >= 15 is 0 Å². The van der Waals surface area contributed by atoms with Crippen LogP contribution in [0.3, 0.4) is 0 Å². The lowest BCUT2D eigenvalue weighted by atomic mass is 10.4. The van der Waals surface area contributed by atoms with Crippen molar-refractivity contribution in [2.75, 3.05) is 0 Å². The molecule has 0 aliphatic rings. The average Bonchev–Trinajstić information content (AvgIpc) is 1.81. The van der Waals surface area contributed by atoms with Crippen molar-refractivity contribution in [1.29, 1.82) is 5.41 Å². The van der Waals surface area contributed by atoms with Crippen molar-refractivity contribution in [1.82, 2.24) is 9.97 Å². The number of hydrogen-bond donors (Lipinski definition) is 2. The predicted molar refractivity (Wildman–Crippen MR) is 49.3 cm³/mol. The first-order valence-electron chi connectivity index (χ1n) is 3.42. The molecule has 0 aromatic carbocycles. The van der Waals surface area contributed by atoms with Crippen LogP contribution in [0, 0.1) is 19.3 Å². The zero-order valence-electron chi connectivity index (χ0n) is 6.96. The van der Waals surface area contributed by atoms with Crippen LogP contribution < -0.4 is 5.73 Å². The van der Waals surface area contributed by atoms with E-state index in [0.717, 1.165) is 23.1 Å². The molecule has 3 N–H and O–H groups in total. The molecule has 12 heavy (non-hydrogen) atoms. The fourth-order valence-corrected chi connectivity index (χ4v) is 1.41. The Morgan fingerprint density at radius 2 is 1.92 bits per heavy atom. The minimum absolute atomic E-state index is 0.0139. The van der Waals surface area contributed by atoms with E-state index in [4.69, 9.17) is 11.1 Å². The van der Waals surface area contributed by atoms with Gasteiger partial charge < -0.3 is 5.73 Å². The third-order valence-electron chi connectivity index (χ3n) is 1.16. The summed E-state index contributed by atoms with van der Waals surface area (Å²) in [5, 5.41) is 7.59. The van der Waals surface area contributed by atoms with Gasteiger partial charge in [-0.15, -0.1) is 0 Å². The van der Waals surface area contributed by atoms with Gasteiger partial charge in [0.25, 0.3) is 0 Å². The first-order valence-corrected chi connectivity index (χ1v) is 4.24. The largest absolute Gasteiger partial charge is 0.378 e. The molecule has 1 heterocycles. The number of aryl methyl sites for hydroxylation is 2. The third kappa shape index (κ3) is 2.50. The van der Waals surface area contributed by atoms with Crippen LogP contribution in [0.1, 0.15) is 11.4 Å². The molecule has 0 atom stereocenters. The maximum Gasteiger partial charge on any atom is 0.195 e. The minimum Gasteiger partial charge on any atom is -0.378 e. The highest BCUT2D eigenvalue weighted by Gasteiger charge is 2.01. The zero-order valence-corrected chi connectivity index (χ0v) is 7.77. The summed E-state index contributed by atoms with van der Waals surface area (Å²) >= 11 is 1.07. The smallest absolute Gasteiger partial charge is 0.195 e. The van der Waals surface area contributed by atoms with Gasteiger partial charge in [-0.05, 0) is 31.7 Å². The molecule has 0 saturated heterocycles. The maximum absolute atomic E-state index is 7.03. The summed E-state index contributed by atoms with van der Waals surface area (Å²) in [6.07, 6.45) is 0. The zero-order chi connectivity index (χ0) is 9.14. The third-order valence-corrected chi connectivity index (χ3v) is 1.75. The maximum atomic E-state index is 7.03. The quantitative estimate of drug-likeness (QED) is 0.295. The van der Waals surface area contributed by atoms with Crippen LogP contribution in [0.4, 0.5) is 0 Å². The summed E-state index contributed by atoms with van der Waals surface area (Å²) in [7, 11) is 0. The highest BCUT2D eigenvalue weighted by atomic mass is 32.2. The van der Waals surface area contributed by atoms with Gasteiger partial charge in [0.15, 0.2) is 10.3 Å². The van der Waals surface area contributed by atoms with E-state index in [1.807, 2.05) is 19.9 Å². The average molecular weight is 182 g/mol. The molecular weight excluding hydrogens is 172 g/mol. The van der Waals surface area contributed by atoms with Crippen LogP contribution in [0.2, 0.25) is 0 Å². The van der Waals surface area contributed by atoms with Crippen LogP contribution in [-0.4, -0.2) is 15.1 Å². The van der Waals surface area contributed by atoms with Crippen LogP contribution in [0.15, 0.2) is 11.2 Å². The standard InChI is InChI=1S/C7H10N4S/c1-4-3-5(2)11-7(10-4)12-6(8)9/h3H,1-2H3,(H3,8,9). The van der Waals surface area contributed by atoms with Crippen molar-refractivity contribution in [3.8, 4) is 0 Å². The summed E-state index contributed by atoms with van der Waals surface area (Å²) in [6.45, 7) is 3.78. The molecular formula is C7H10N4S. The Morgan fingerprint density at radius 1 is 1.42 bits per heavy atom. The Morgan fingerprint density at radius 3 is 2.33 bits per heavy atom. The number of amidine groups is 1. The lowest BCUT2D eigenvalue weighted by Gasteiger charge is -1.99. The van der Waals surface area contributed by atoms with Gasteiger partial charge in [-0.2, -0.15) is 0 Å². The Balaban J connectivity index is 2.93. The molecule has 0 bridgehead atoms. The summed E-state index contributed by atoms with van der Waals surface area (Å²) in [6, 6.07) is 1.88. The number of thioether (sulfide) groups is 1. The number of nitrogens with two attached hydrogens (primary N) is 1. The molecule has 5 heteroatoms. The Labute approximate surface area is 75.1 Å². The highest BCUT2D eigenvalue weighted by molar-refractivity contribution is 8.13. The SMILES string of the molecule is Cc1cc(C)nc(SC(=N)N)n1. The van der Waals surface area contributed by atoms with E-state index < -0.39 is 0 Å². The molecule has 0 spiro atoms. The fraction of sp³-hybridized carbons (Fsp3) is 0.286. The van der Waals surface area contributed by atoms with E-state index in [2.05, 4.69) is 9.97 Å². The second kappa shape index (κ2) is 3.53. The lowest BCUT2D eigenvalue weighted by molar-refractivity contribution is 0.906. The molecule has 0 aliphatic carbocycles. The summed E-state index contributed by atoms with van der Waals surface area (Å²) in [5.41, 5.74) is 6.98. The minimum atomic E-state index is 0.0139. The molecule has 1 rings (SSSR count). The van der Waals surface area contributed by atoms with Crippen molar-refractivity contribution in [2.24, 2.45) is 5.73 Å². The van der Waals surface area contributed by atoms with Gasteiger partial charge in [-0.3, -0.25) is 5.41 Å². The fourth-order valence-electron chi connectivity index (χ4n) is 0.838. The molecule has 1 aromatic heterocycles. The Bertz CT molecular complexity index is 290. The predicted octanol–water partition coefficient (Wildman–Crippen LogP) is 1.08. The monoisotopic (exact) mass is 182 g/mol. The first kappa shape index (κ1) is 8.99. The molecule has 1 aromatic rings. The molecule has 0 aliphatic heterocycles. The topological polar surface area (TPSA) is 75.7 Å². The number of aromatic nitrogens is 2. The molecule has 0 amide bonds. The van der Waals surface area contributed by atoms with Crippen molar-refractivity contribution in [2.45, 2.75) is 19.0 Å². The number of nitrogens with zero attached hydrogens (tertiary/aromatic N) is 2. The molecule has 0 radical (unpaired) electrons.